The zero-order valence-electron chi connectivity index (χ0n) is 22.6. The van der Waals surface area contributed by atoms with Crippen LogP contribution in [0.3, 0.4) is 0 Å². The van der Waals surface area contributed by atoms with Gasteiger partial charge >= 0.3 is 0 Å². The molecule has 0 spiro atoms. The van der Waals surface area contributed by atoms with Gasteiger partial charge < -0.3 is 19.3 Å². The normalized spacial score (nSPS) is 21.9. The lowest BCUT2D eigenvalue weighted by Gasteiger charge is -2.46. The van der Waals surface area contributed by atoms with E-state index < -0.39 is 0 Å². The molecule has 0 saturated carbocycles. The third-order valence-corrected chi connectivity index (χ3v) is 8.66. The Bertz CT molecular complexity index is 1300. The number of methoxy groups -OCH3 is 1. The van der Waals surface area contributed by atoms with Crippen LogP contribution in [-0.2, 0) is 6.42 Å². The number of piperidine rings is 1. The van der Waals surface area contributed by atoms with Crippen LogP contribution in [0.5, 0.6) is 17.2 Å². The number of carbonyl (C=O) groups excluding carboxylic acids is 1. The van der Waals surface area contributed by atoms with Crippen LogP contribution < -0.4 is 14.4 Å². The van der Waals surface area contributed by atoms with Crippen LogP contribution in [0.1, 0.15) is 48.5 Å². The van der Waals surface area contributed by atoms with Crippen molar-refractivity contribution in [3.05, 3.63) is 77.9 Å². The molecule has 198 valence electrons. The average Bonchev–Trinajstić information content (AvgIpc) is 3.20. The molecule has 2 bridgehead atoms. The molecular formula is C32H37N3O3. The molecular weight excluding hydrogens is 474 g/mol. The highest BCUT2D eigenvalue weighted by atomic mass is 16.5. The van der Waals surface area contributed by atoms with E-state index in [0.29, 0.717) is 36.0 Å². The summed E-state index contributed by atoms with van der Waals surface area (Å²) in [4.78, 5) is 19.9. The molecule has 38 heavy (non-hydrogen) atoms. The summed E-state index contributed by atoms with van der Waals surface area (Å²) >= 11 is 0. The molecule has 1 amide bonds. The summed E-state index contributed by atoms with van der Waals surface area (Å²) in [6.45, 7) is 3.76. The zero-order valence-corrected chi connectivity index (χ0v) is 22.6. The maximum atomic E-state index is 12.9. The Morgan fingerprint density at radius 2 is 1.74 bits per heavy atom. The Balaban J connectivity index is 1.30. The molecule has 0 radical (unpaired) electrons. The Morgan fingerprint density at radius 3 is 2.45 bits per heavy atom. The largest absolute Gasteiger partial charge is 0.493 e. The fourth-order valence-corrected chi connectivity index (χ4v) is 6.61. The highest BCUT2D eigenvalue weighted by molar-refractivity contribution is 5.96. The Labute approximate surface area is 225 Å². The topological polar surface area (TPSA) is 45.3 Å². The molecule has 2 atom stereocenters. The molecule has 2 saturated heterocycles. The number of anilines is 2. The summed E-state index contributed by atoms with van der Waals surface area (Å²) < 4.78 is 12.2. The molecule has 6 nitrogen and oxygen atoms in total. The first-order valence-corrected chi connectivity index (χ1v) is 13.9. The SMILES string of the molecule is CCN(C)C(=O)c1ccc2c(c1)Oc1c(OC)cccc1N2C1CC2CCC(C1)N2CCc1ccccc1. The van der Waals surface area contributed by atoms with E-state index in [1.807, 2.05) is 38.2 Å². The highest BCUT2D eigenvalue weighted by Crippen LogP contribution is 2.54. The van der Waals surface area contributed by atoms with Crippen LogP contribution in [0.4, 0.5) is 11.4 Å². The second-order valence-electron chi connectivity index (χ2n) is 10.8. The molecule has 2 fully saturated rings. The zero-order chi connectivity index (χ0) is 26.2. The van der Waals surface area contributed by atoms with Crippen molar-refractivity contribution in [1.82, 2.24) is 9.80 Å². The van der Waals surface area contributed by atoms with E-state index in [0.717, 1.165) is 48.7 Å². The molecule has 6 rings (SSSR count). The van der Waals surface area contributed by atoms with Gasteiger partial charge in [-0.25, -0.2) is 0 Å². The summed E-state index contributed by atoms with van der Waals surface area (Å²) in [5.74, 6) is 2.16. The van der Waals surface area contributed by atoms with Gasteiger partial charge in [-0.1, -0.05) is 36.4 Å². The molecule has 3 heterocycles. The van der Waals surface area contributed by atoms with E-state index in [4.69, 9.17) is 9.47 Å². The van der Waals surface area contributed by atoms with Gasteiger partial charge in [0.15, 0.2) is 17.2 Å². The summed E-state index contributed by atoms with van der Waals surface area (Å²) in [5, 5.41) is 0. The van der Waals surface area contributed by atoms with E-state index >= 15 is 0 Å². The summed E-state index contributed by atoms with van der Waals surface area (Å²) in [5.41, 5.74) is 4.13. The van der Waals surface area contributed by atoms with E-state index in [1.165, 1.54) is 18.4 Å². The number of fused-ring (bicyclic) bond motifs is 4. The Hall–Kier alpha value is -3.51. The van der Waals surface area contributed by atoms with Gasteiger partial charge in [-0.15, -0.1) is 0 Å². The van der Waals surface area contributed by atoms with Gasteiger partial charge in [0.2, 0.25) is 0 Å². The lowest BCUT2D eigenvalue weighted by Crippen LogP contribution is -2.50. The second-order valence-corrected chi connectivity index (χ2v) is 10.8. The average molecular weight is 512 g/mol. The summed E-state index contributed by atoms with van der Waals surface area (Å²) in [6.07, 6.45) is 5.84. The van der Waals surface area contributed by atoms with Gasteiger partial charge in [0, 0.05) is 43.8 Å². The van der Waals surface area contributed by atoms with Crippen molar-refractivity contribution < 1.29 is 14.3 Å². The maximum Gasteiger partial charge on any atom is 0.253 e. The maximum absolute atomic E-state index is 12.9. The number of carbonyl (C=O) groups is 1. The molecule has 2 unspecified atom stereocenters. The van der Waals surface area contributed by atoms with Gasteiger partial charge in [0.25, 0.3) is 5.91 Å². The predicted octanol–water partition coefficient (Wildman–Crippen LogP) is 6.27. The van der Waals surface area contributed by atoms with Crippen molar-refractivity contribution in [3.63, 3.8) is 0 Å². The quantitative estimate of drug-likeness (QED) is 0.374. The third kappa shape index (κ3) is 4.41. The van der Waals surface area contributed by atoms with Crippen LogP contribution in [0.25, 0.3) is 0 Å². The summed E-state index contributed by atoms with van der Waals surface area (Å²) in [6, 6.07) is 24.4. The Morgan fingerprint density at radius 1 is 0.974 bits per heavy atom. The molecule has 0 N–H and O–H groups in total. The monoisotopic (exact) mass is 511 g/mol. The van der Waals surface area contributed by atoms with Crippen molar-refractivity contribution in [2.45, 2.75) is 57.2 Å². The van der Waals surface area contributed by atoms with Gasteiger partial charge in [-0.2, -0.15) is 0 Å². The fourth-order valence-electron chi connectivity index (χ4n) is 6.61. The second kappa shape index (κ2) is 10.3. The van der Waals surface area contributed by atoms with Gasteiger partial charge in [-0.05, 0) is 74.9 Å². The molecule has 6 heteroatoms. The van der Waals surface area contributed by atoms with Crippen molar-refractivity contribution in [2.24, 2.45) is 0 Å². The van der Waals surface area contributed by atoms with Crippen LogP contribution in [-0.4, -0.2) is 61.1 Å². The highest BCUT2D eigenvalue weighted by Gasteiger charge is 2.44. The predicted molar refractivity (Wildman–Crippen MR) is 151 cm³/mol. The number of hydrogen-bond donors (Lipinski definition) is 0. The van der Waals surface area contributed by atoms with Crippen LogP contribution in [0, 0.1) is 0 Å². The molecule has 3 aromatic carbocycles. The third-order valence-electron chi connectivity index (χ3n) is 8.66. The van der Waals surface area contributed by atoms with Crippen molar-refractivity contribution >= 4 is 17.3 Å². The van der Waals surface area contributed by atoms with E-state index in [9.17, 15) is 4.79 Å². The first kappa shape index (κ1) is 24.8. The van der Waals surface area contributed by atoms with Gasteiger partial charge in [-0.3, -0.25) is 9.69 Å². The van der Waals surface area contributed by atoms with Gasteiger partial charge in [0.1, 0.15) is 0 Å². The first-order chi connectivity index (χ1) is 18.6. The number of rotatable bonds is 7. The van der Waals surface area contributed by atoms with Gasteiger partial charge in [0.05, 0.1) is 18.5 Å². The smallest absolute Gasteiger partial charge is 0.253 e. The number of hydrogen-bond acceptors (Lipinski definition) is 5. The molecule has 3 aliphatic heterocycles. The first-order valence-electron chi connectivity index (χ1n) is 13.9. The number of nitrogens with zero attached hydrogens (tertiary/aromatic N) is 3. The van der Waals surface area contributed by atoms with Crippen molar-refractivity contribution in [2.75, 3.05) is 32.1 Å². The van der Waals surface area contributed by atoms with E-state index in [2.05, 4.69) is 52.3 Å². The minimum Gasteiger partial charge on any atom is -0.493 e. The van der Waals surface area contributed by atoms with E-state index in [-0.39, 0.29) is 5.91 Å². The molecule has 0 aliphatic carbocycles. The number of benzene rings is 3. The minimum absolute atomic E-state index is 0.000965. The lowest BCUT2D eigenvalue weighted by molar-refractivity contribution is 0.0802. The minimum atomic E-state index is 0.000965. The number of ether oxygens (including phenoxy) is 2. The van der Waals surface area contributed by atoms with E-state index in [1.54, 1.807) is 12.0 Å². The fraction of sp³-hybridized carbons (Fsp3) is 0.406. The van der Waals surface area contributed by atoms with Crippen LogP contribution >= 0.6 is 0 Å². The molecule has 3 aromatic rings. The summed E-state index contributed by atoms with van der Waals surface area (Å²) in [7, 11) is 3.51. The van der Waals surface area contributed by atoms with Crippen LogP contribution in [0.2, 0.25) is 0 Å². The standard InChI is InChI=1S/C32H37N3O3/c1-4-33(2)32(36)23-13-16-27-30(19-23)38-31-28(11-8-12-29(31)37-3)35(27)26-20-24-14-15-25(21-26)34(24)18-17-22-9-6-5-7-10-22/h5-13,16,19,24-26H,4,14-15,17-18,20-21H2,1-3H3. The van der Waals surface area contributed by atoms with Crippen molar-refractivity contribution in [1.29, 1.82) is 0 Å². The van der Waals surface area contributed by atoms with Crippen LogP contribution in [0.15, 0.2) is 66.7 Å². The lowest BCUT2D eigenvalue weighted by atomic mass is 9.93. The number of para-hydroxylation sites is 1. The van der Waals surface area contributed by atoms with Crippen molar-refractivity contribution in [3.8, 4) is 17.2 Å². The number of amides is 1. The molecule has 3 aliphatic rings. The Kier molecular flexibility index (Phi) is 6.75. The molecule has 0 aromatic heterocycles.